The van der Waals surface area contributed by atoms with Gasteiger partial charge in [-0.25, -0.2) is 4.79 Å². The number of hydrogen-bond acceptors (Lipinski definition) is 2. The summed E-state index contributed by atoms with van der Waals surface area (Å²) in [7, 11) is 0. The van der Waals surface area contributed by atoms with Gasteiger partial charge in [-0.3, -0.25) is 0 Å². The van der Waals surface area contributed by atoms with Gasteiger partial charge in [-0.05, 0) is 62.7 Å². The molecule has 0 spiro atoms. The summed E-state index contributed by atoms with van der Waals surface area (Å²) in [5, 5.41) is 0. The van der Waals surface area contributed by atoms with Crippen molar-refractivity contribution in [2.24, 2.45) is 17.3 Å². The molecule has 2 atom stereocenters. The summed E-state index contributed by atoms with van der Waals surface area (Å²) >= 11 is 0. The maximum Gasteiger partial charge on any atom is 0.330 e. The van der Waals surface area contributed by atoms with E-state index in [0.29, 0.717) is 5.41 Å². The lowest BCUT2D eigenvalue weighted by Gasteiger charge is -2.60. The Morgan fingerprint density at radius 3 is 2.41 bits per heavy atom. The fraction of sp³-hybridized carbons (Fsp3) is 0.800. The lowest BCUT2D eigenvalue weighted by atomic mass is 9.48. The molecule has 4 bridgehead atoms. The monoisotopic (exact) mass is 234 g/mol. The minimum absolute atomic E-state index is 0.116. The van der Waals surface area contributed by atoms with E-state index in [-0.39, 0.29) is 11.6 Å². The lowest BCUT2D eigenvalue weighted by Crippen LogP contribution is -2.56. The molecule has 0 aromatic carbocycles. The molecule has 4 rings (SSSR count). The SMILES string of the molecule is CC=CC(=O)OC12CC3CC(CC(C)(C3)C1)C2. The van der Waals surface area contributed by atoms with Gasteiger partial charge in [0.15, 0.2) is 0 Å². The van der Waals surface area contributed by atoms with Gasteiger partial charge in [0.2, 0.25) is 0 Å². The quantitative estimate of drug-likeness (QED) is 0.540. The van der Waals surface area contributed by atoms with Crippen LogP contribution in [0.1, 0.15) is 52.4 Å². The Balaban J connectivity index is 1.81. The summed E-state index contributed by atoms with van der Waals surface area (Å²) in [5.41, 5.74) is 0.329. The Labute approximate surface area is 103 Å². The highest BCUT2D eigenvalue weighted by Crippen LogP contribution is 2.62. The minimum atomic E-state index is -0.141. The van der Waals surface area contributed by atoms with Gasteiger partial charge in [0.05, 0.1) is 0 Å². The Kier molecular flexibility index (Phi) is 2.39. The van der Waals surface area contributed by atoms with Crippen molar-refractivity contribution in [1.82, 2.24) is 0 Å². The third-order valence-corrected chi connectivity index (χ3v) is 4.92. The molecule has 2 unspecified atom stereocenters. The molecule has 0 N–H and O–H groups in total. The number of carbonyl (C=O) groups excluding carboxylic acids is 1. The second kappa shape index (κ2) is 3.60. The number of allylic oxidation sites excluding steroid dienone is 1. The van der Waals surface area contributed by atoms with Crippen molar-refractivity contribution in [2.75, 3.05) is 0 Å². The van der Waals surface area contributed by atoms with Crippen LogP contribution >= 0.6 is 0 Å². The van der Waals surface area contributed by atoms with E-state index >= 15 is 0 Å². The molecule has 4 saturated carbocycles. The summed E-state index contributed by atoms with van der Waals surface area (Å²) in [6.07, 6.45) is 10.7. The molecule has 0 saturated heterocycles. The highest BCUT2D eigenvalue weighted by molar-refractivity contribution is 5.82. The van der Waals surface area contributed by atoms with Crippen LogP contribution in [0.5, 0.6) is 0 Å². The van der Waals surface area contributed by atoms with Crippen molar-refractivity contribution in [3.8, 4) is 0 Å². The van der Waals surface area contributed by atoms with E-state index in [1.54, 1.807) is 12.2 Å². The lowest BCUT2D eigenvalue weighted by molar-refractivity contribution is -0.194. The van der Waals surface area contributed by atoms with Gasteiger partial charge in [-0.2, -0.15) is 0 Å². The number of ether oxygens (including phenoxy) is 1. The van der Waals surface area contributed by atoms with E-state index in [0.717, 1.165) is 31.1 Å². The number of carbonyl (C=O) groups is 1. The van der Waals surface area contributed by atoms with E-state index in [1.165, 1.54) is 19.3 Å². The molecule has 0 aromatic rings. The Morgan fingerprint density at radius 2 is 1.88 bits per heavy atom. The van der Waals surface area contributed by atoms with E-state index in [4.69, 9.17) is 4.74 Å². The van der Waals surface area contributed by atoms with Crippen molar-refractivity contribution in [3.63, 3.8) is 0 Å². The zero-order chi connectivity index (χ0) is 12.1. The molecule has 2 heteroatoms. The molecule has 4 aliphatic rings. The molecule has 0 amide bonds. The molecule has 0 aliphatic heterocycles. The van der Waals surface area contributed by atoms with Crippen LogP contribution in [0.2, 0.25) is 0 Å². The van der Waals surface area contributed by atoms with Crippen LogP contribution in [0.15, 0.2) is 12.2 Å². The molecule has 94 valence electrons. The van der Waals surface area contributed by atoms with Gasteiger partial charge in [0.1, 0.15) is 5.60 Å². The van der Waals surface area contributed by atoms with Crippen LogP contribution in [0.3, 0.4) is 0 Å². The van der Waals surface area contributed by atoms with Gasteiger partial charge in [-0.1, -0.05) is 13.0 Å². The van der Waals surface area contributed by atoms with Gasteiger partial charge in [-0.15, -0.1) is 0 Å². The fourth-order valence-corrected chi connectivity index (χ4v) is 5.13. The first-order valence-electron chi connectivity index (χ1n) is 6.88. The topological polar surface area (TPSA) is 26.3 Å². The van der Waals surface area contributed by atoms with Crippen molar-refractivity contribution < 1.29 is 9.53 Å². The maximum atomic E-state index is 11.7. The number of rotatable bonds is 2. The second-order valence-electron chi connectivity index (χ2n) is 6.88. The Bertz CT molecular complexity index is 355. The molecule has 0 radical (unpaired) electrons. The van der Waals surface area contributed by atoms with Crippen LogP contribution < -0.4 is 0 Å². The zero-order valence-electron chi connectivity index (χ0n) is 10.9. The van der Waals surface area contributed by atoms with Crippen molar-refractivity contribution in [3.05, 3.63) is 12.2 Å². The third kappa shape index (κ3) is 1.92. The van der Waals surface area contributed by atoms with Gasteiger partial charge < -0.3 is 4.74 Å². The molecule has 4 aliphatic carbocycles. The van der Waals surface area contributed by atoms with Crippen molar-refractivity contribution in [2.45, 2.75) is 58.0 Å². The zero-order valence-corrected chi connectivity index (χ0v) is 10.9. The van der Waals surface area contributed by atoms with E-state index in [1.807, 2.05) is 6.92 Å². The largest absolute Gasteiger partial charge is 0.456 e. The summed E-state index contributed by atoms with van der Waals surface area (Å²) in [6, 6.07) is 0. The predicted molar refractivity (Wildman–Crippen MR) is 66.4 cm³/mol. The summed E-state index contributed by atoms with van der Waals surface area (Å²) < 4.78 is 5.83. The van der Waals surface area contributed by atoms with Gasteiger partial charge in [0.25, 0.3) is 0 Å². The second-order valence-corrected chi connectivity index (χ2v) is 6.88. The Morgan fingerprint density at radius 1 is 1.24 bits per heavy atom. The summed E-state index contributed by atoms with van der Waals surface area (Å²) in [6.45, 7) is 4.25. The summed E-state index contributed by atoms with van der Waals surface area (Å²) in [4.78, 5) is 11.7. The number of esters is 1. The van der Waals surface area contributed by atoms with Crippen LogP contribution in [0.25, 0.3) is 0 Å². The van der Waals surface area contributed by atoms with E-state index in [2.05, 4.69) is 6.92 Å². The normalized spacial score (nSPS) is 47.6. The predicted octanol–water partition coefficient (Wildman–Crippen LogP) is 3.46. The molecule has 2 nitrogen and oxygen atoms in total. The standard InChI is InChI=1S/C15H22O2/c1-3-4-13(16)17-15-8-11-5-12(9-15)7-14(2,6-11)10-15/h3-4,11-12H,5-10H2,1-2H3. The van der Waals surface area contributed by atoms with Crippen molar-refractivity contribution in [1.29, 1.82) is 0 Å². The summed E-state index contributed by atoms with van der Waals surface area (Å²) in [5.74, 6) is 1.47. The molecular formula is C15H22O2. The highest BCUT2D eigenvalue weighted by Gasteiger charge is 2.57. The minimum Gasteiger partial charge on any atom is -0.456 e. The van der Waals surface area contributed by atoms with E-state index < -0.39 is 0 Å². The van der Waals surface area contributed by atoms with Crippen LogP contribution in [-0.4, -0.2) is 11.6 Å². The Hall–Kier alpha value is -0.790. The first-order valence-corrected chi connectivity index (χ1v) is 6.88. The molecule has 0 heterocycles. The average molecular weight is 234 g/mol. The van der Waals surface area contributed by atoms with Crippen LogP contribution in [0, 0.1) is 17.3 Å². The van der Waals surface area contributed by atoms with Crippen LogP contribution in [0.4, 0.5) is 0 Å². The van der Waals surface area contributed by atoms with Crippen molar-refractivity contribution >= 4 is 5.97 Å². The maximum absolute atomic E-state index is 11.7. The molecule has 17 heavy (non-hydrogen) atoms. The first kappa shape index (κ1) is 11.3. The van der Waals surface area contributed by atoms with Crippen LogP contribution in [-0.2, 0) is 9.53 Å². The van der Waals surface area contributed by atoms with Gasteiger partial charge >= 0.3 is 5.97 Å². The molecule has 4 fully saturated rings. The number of hydrogen-bond donors (Lipinski definition) is 0. The van der Waals surface area contributed by atoms with Gasteiger partial charge in [0, 0.05) is 6.08 Å². The average Bonchev–Trinajstić information content (AvgIpc) is 2.11. The first-order chi connectivity index (χ1) is 8.03. The fourth-order valence-electron chi connectivity index (χ4n) is 5.13. The molecule has 0 aromatic heterocycles. The van der Waals surface area contributed by atoms with E-state index in [9.17, 15) is 4.79 Å². The molecular weight excluding hydrogens is 212 g/mol. The highest BCUT2D eigenvalue weighted by atomic mass is 16.6. The smallest absolute Gasteiger partial charge is 0.330 e. The third-order valence-electron chi connectivity index (χ3n) is 4.92.